The van der Waals surface area contributed by atoms with Crippen molar-refractivity contribution in [1.29, 1.82) is 0 Å². The molecule has 1 aliphatic rings. The number of carbonyl (C=O) groups is 2. The molecule has 0 bridgehead atoms. The van der Waals surface area contributed by atoms with Gasteiger partial charge in [0.2, 0.25) is 11.8 Å². The van der Waals surface area contributed by atoms with Gasteiger partial charge in [-0.15, -0.1) is 0 Å². The highest BCUT2D eigenvalue weighted by Crippen LogP contribution is 2.19. The third kappa shape index (κ3) is 3.17. The van der Waals surface area contributed by atoms with E-state index in [0.29, 0.717) is 11.0 Å². The van der Waals surface area contributed by atoms with Crippen LogP contribution in [0, 0.1) is 11.7 Å². The molecule has 0 aliphatic carbocycles. The van der Waals surface area contributed by atoms with Crippen molar-refractivity contribution in [1.82, 2.24) is 10.2 Å². The minimum Gasteiger partial charge on any atom is -0.343 e. The van der Waals surface area contributed by atoms with Crippen LogP contribution in [0.25, 0.3) is 0 Å². The number of hydrogen-bond acceptors (Lipinski definition) is 2. The predicted molar refractivity (Wildman–Crippen MR) is 76.3 cm³/mol. The summed E-state index contributed by atoms with van der Waals surface area (Å²) in [4.78, 5) is 25.5. The highest BCUT2D eigenvalue weighted by molar-refractivity contribution is 9.10. The first-order chi connectivity index (χ1) is 9.38. The largest absolute Gasteiger partial charge is 0.343 e. The van der Waals surface area contributed by atoms with Crippen LogP contribution in [0.4, 0.5) is 4.39 Å². The van der Waals surface area contributed by atoms with E-state index in [4.69, 9.17) is 0 Å². The maximum Gasteiger partial charge on any atom is 0.246 e. The monoisotopic (exact) mass is 342 g/mol. The Kier molecular flexibility index (Phi) is 4.42. The Morgan fingerprint density at radius 1 is 1.45 bits per heavy atom. The van der Waals surface area contributed by atoms with Gasteiger partial charge in [0.05, 0.1) is 11.0 Å². The zero-order valence-electron chi connectivity index (χ0n) is 11.3. The second-order valence-corrected chi connectivity index (χ2v) is 6.09. The summed E-state index contributed by atoms with van der Waals surface area (Å²) in [6.07, 6.45) is 0. The molecule has 1 aromatic rings. The van der Waals surface area contributed by atoms with Crippen molar-refractivity contribution in [3.8, 4) is 0 Å². The summed E-state index contributed by atoms with van der Waals surface area (Å²) in [5.74, 6) is -0.574. The Bertz CT molecular complexity index is 548. The van der Waals surface area contributed by atoms with Crippen LogP contribution in [-0.2, 0) is 16.1 Å². The summed E-state index contributed by atoms with van der Waals surface area (Å²) >= 11 is 3.12. The molecule has 1 fully saturated rings. The van der Waals surface area contributed by atoms with Crippen LogP contribution in [0.1, 0.15) is 19.4 Å². The molecule has 6 heteroatoms. The minimum absolute atomic E-state index is 0.0363. The molecule has 2 amide bonds. The first-order valence-corrected chi connectivity index (χ1v) is 7.20. The first-order valence-electron chi connectivity index (χ1n) is 6.40. The van der Waals surface area contributed by atoms with E-state index in [0.717, 1.165) is 5.56 Å². The molecule has 1 atom stereocenters. The molecule has 1 heterocycles. The smallest absolute Gasteiger partial charge is 0.246 e. The summed E-state index contributed by atoms with van der Waals surface area (Å²) in [6.45, 7) is 4.12. The molecule has 4 nitrogen and oxygen atoms in total. The second kappa shape index (κ2) is 5.91. The number of hydrogen-bond donors (Lipinski definition) is 1. The average Bonchev–Trinajstić information content (AvgIpc) is 2.37. The zero-order valence-corrected chi connectivity index (χ0v) is 12.9. The first kappa shape index (κ1) is 15.0. The van der Waals surface area contributed by atoms with Gasteiger partial charge in [-0.2, -0.15) is 0 Å². The van der Waals surface area contributed by atoms with E-state index in [-0.39, 0.29) is 30.1 Å². The molecule has 0 aromatic heterocycles. The molecule has 1 N–H and O–H groups in total. The number of amides is 2. The Balaban J connectivity index is 2.16. The van der Waals surface area contributed by atoms with Crippen LogP contribution < -0.4 is 5.32 Å². The average molecular weight is 343 g/mol. The standard InChI is InChI=1S/C14H16BrFN2O2/c1-8(2)13-14(20)18(7-12(19)17-13)6-9-3-4-11(16)10(15)5-9/h3-5,8,13H,6-7H2,1-2H3,(H,17,19). The van der Waals surface area contributed by atoms with Crippen molar-refractivity contribution in [3.63, 3.8) is 0 Å². The Hall–Kier alpha value is -1.43. The fourth-order valence-electron chi connectivity index (χ4n) is 2.17. The van der Waals surface area contributed by atoms with Crippen LogP contribution in [0.15, 0.2) is 22.7 Å². The van der Waals surface area contributed by atoms with Gasteiger partial charge in [0.25, 0.3) is 0 Å². The third-order valence-corrected chi connectivity index (χ3v) is 3.86. The number of piperazine rings is 1. The molecule has 0 spiro atoms. The molecule has 20 heavy (non-hydrogen) atoms. The normalized spacial score (nSPS) is 19.4. The van der Waals surface area contributed by atoms with E-state index in [9.17, 15) is 14.0 Å². The third-order valence-electron chi connectivity index (χ3n) is 3.25. The second-order valence-electron chi connectivity index (χ2n) is 5.23. The van der Waals surface area contributed by atoms with Crippen molar-refractivity contribution in [3.05, 3.63) is 34.1 Å². The molecule has 108 valence electrons. The minimum atomic E-state index is -0.486. The quantitative estimate of drug-likeness (QED) is 0.914. The number of nitrogens with zero attached hydrogens (tertiary/aromatic N) is 1. The van der Waals surface area contributed by atoms with Gasteiger partial charge in [0, 0.05) is 6.54 Å². The van der Waals surface area contributed by atoms with Crippen molar-refractivity contribution in [2.45, 2.75) is 26.4 Å². The van der Waals surface area contributed by atoms with Gasteiger partial charge in [0.15, 0.2) is 0 Å². The lowest BCUT2D eigenvalue weighted by molar-refractivity contribution is -0.146. The van der Waals surface area contributed by atoms with E-state index in [1.54, 1.807) is 12.1 Å². The number of rotatable bonds is 3. The number of nitrogens with one attached hydrogen (secondary N) is 1. The van der Waals surface area contributed by atoms with Gasteiger partial charge in [-0.05, 0) is 39.5 Å². The lowest BCUT2D eigenvalue weighted by atomic mass is 10.0. The Morgan fingerprint density at radius 3 is 2.75 bits per heavy atom. The number of halogens is 2. The van der Waals surface area contributed by atoms with Gasteiger partial charge in [-0.3, -0.25) is 9.59 Å². The molecule has 1 aliphatic heterocycles. The summed E-state index contributed by atoms with van der Waals surface area (Å²) in [5, 5.41) is 2.70. The number of carbonyl (C=O) groups excluding carboxylic acids is 2. The topological polar surface area (TPSA) is 49.4 Å². The molecule has 2 rings (SSSR count). The summed E-state index contributed by atoms with van der Waals surface area (Å²) in [5.41, 5.74) is 0.781. The molecule has 1 unspecified atom stereocenters. The summed E-state index contributed by atoms with van der Waals surface area (Å²) in [6, 6.07) is 4.09. The molecule has 0 saturated carbocycles. The highest BCUT2D eigenvalue weighted by Gasteiger charge is 2.34. The van der Waals surface area contributed by atoms with E-state index in [1.807, 2.05) is 13.8 Å². The lowest BCUT2D eigenvalue weighted by Gasteiger charge is -2.34. The van der Waals surface area contributed by atoms with Gasteiger partial charge in [-0.25, -0.2) is 4.39 Å². The van der Waals surface area contributed by atoms with Gasteiger partial charge in [0.1, 0.15) is 11.9 Å². The SMILES string of the molecule is CC(C)C1NC(=O)CN(Cc2ccc(F)c(Br)c2)C1=O. The summed E-state index contributed by atoms with van der Waals surface area (Å²) in [7, 11) is 0. The van der Waals surface area contributed by atoms with E-state index in [2.05, 4.69) is 21.2 Å². The highest BCUT2D eigenvalue weighted by atomic mass is 79.9. The van der Waals surface area contributed by atoms with Crippen LogP contribution in [-0.4, -0.2) is 29.3 Å². The predicted octanol–water partition coefficient (Wildman–Crippen LogP) is 2.07. The van der Waals surface area contributed by atoms with Crippen molar-refractivity contribution < 1.29 is 14.0 Å². The van der Waals surface area contributed by atoms with Crippen LogP contribution in [0.5, 0.6) is 0 Å². The fourth-order valence-corrected chi connectivity index (χ4v) is 2.60. The molecule has 1 saturated heterocycles. The fraction of sp³-hybridized carbons (Fsp3) is 0.429. The molecular weight excluding hydrogens is 327 g/mol. The number of benzene rings is 1. The molecule has 1 aromatic carbocycles. The van der Waals surface area contributed by atoms with Gasteiger partial charge >= 0.3 is 0 Å². The maximum absolute atomic E-state index is 13.2. The van der Waals surface area contributed by atoms with E-state index < -0.39 is 6.04 Å². The van der Waals surface area contributed by atoms with Crippen molar-refractivity contribution in [2.24, 2.45) is 5.92 Å². The van der Waals surface area contributed by atoms with Gasteiger partial charge < -0.3 is 10.2 Å². The maximum atomic E-state index is 13.2. The van der Waals surface area contributed by atoms with E-state index >= 15 is 0 Å². The molecular formula is C14H16BrFN2O2. The Labute approximate surface area is 125 Å². The Morgan fingerprint density at radius 2 is 2.15 bits per heavy atom. The molecule has 0 radical (unpaired) electrons. The van der Waals surface area contributed by atoms with Crippen LogP contribution >= 0.6 is 15.9 Å². The summed E-state index contributed by atoms with van der Waals surface area (Å²) < 4.78 is 13.5. The lowest BCUT2D eigenvalue weighted by Crippen LogP contribution is -2.59. The van der Waals surface area contributed by atoms with Crippen LogP contribution in [0.2, 0.25) is 0 Å². The van der Waals surface area contributed by atoms with E-state index in [1.165, 1.54) is 11.0 Å². The van der Waals surface area contributed by atoms with Crippen molar-refractivity contribution in [2.75, 3.05) is 6.54 Å². The van der Waals surface area contributed by atoms with Crippen molar-refractivity contribution >= 4 is 27.7 Å². The zero-order chi connectivity index (χ0) is 14.9. The van der Waals surface area contributed by atoms with Crippen LogP contribution in [0.3, 0.4) is 0 Å². The van der Waals surface area contributed by atoms with Gasteiger partial charge in [-0.1, -0.05) is 19.9 Å².